The van der Waals surface area contributed by atoms with Gasteiger partial charge >= 0.3 is 12.2 Å². The predicted octanol–water partition coefficient (Wildman–Crippen LogP) is 3.51. The van der Waals surface area contributed by atoms with Gasteiger partial charge in [-0.3, -0.25) is 0 Å². The standard InChI is InChI=1S/C19H29N3O4/c1-19(2,3)26-18(24)22(21-12-8-5-9-13-21)15-20-17(23)25-14-16-10-6-4-7-11-16/h4,6-7,10-11H,5,8-9,12-15H2,1-3H3,(H,20,23). The molecule has 144 valence electrons. The fourth-order valence-electron chi connectivity index (χ4n) is 2.63. The van der Waals surface area contributed by atoms with E-state index in [0.29, 0.717) is 0 Å². The molecule has 2 amide bonds. The van der Waals surface area contributed by atoms with Gasteiger partial charge in [-0.2, -0.15) is 0 Å². The summed E-state index contributed by atoms with van der Waals surface area (Å²) in [6.45, 7) is 7.19. The van der Waals surface area contributed by atoms with Crippen molar-refractivity contribution in [3.63, 3.8) is 0 Å². The lowest BCUT2D eigenvalue weighted by molar-refractivity contribution is -0.0617. The summed E-state index contributed by atoms with van der Waals surface area (Å²) in [5, 5.41) is 6.02. The van der Waals surface area contributed by atoms with E-state index in [-0.39, 0.29) is 13.3 Å². The zero-order chi connectivity index (χ0) is 19.0. The number of carbonyl (C=O) groups is 2. The lowest BCUT2D eigenvalue weighted by Crippen LogP contribution is -2.54. The Morgan fingerprint density at radius 1 is 1.12 bits per heavy atom. The van der Waals surface area contributed by atoms with Gasteiger partial charge in [0.15, 0.2) is 0 Å². The molecule has 0 aromatic heterocycles. The van der Waals surface area contributed by atoms with Crippen LogP contribution in [0.2, 0.25) is 0 Å². The zero-order valence-electron chi connectivity index (χ0n) is 15.9. The SMILES string of the molecule is CC(C)(C)OC(=O)N(CNC(=O)OCc1ccccc1)N1CCCCC1. The van der Waals surface area contributed by atoms with Crippen LogP contribution in [-0.2, 0) is 16.1 Å². The zero-order valence-corrected chi connectivity index (χ0v) is 15.9. The van der Waals surface area contributed by atoms with E-state index in [1.807, 2.05) is 56.1 Å². The molecule has 1 aliphatic rings. The van der Waals surface area contributed by atoms with Crippen LogP contribution in [0.3, 0.4) is 0 Å². The highest BCUT2D eigenvalue weighted by molar-refractivity contribution is 5.70. The molecule has 1 aromatic rings. The highest BCUT2D eigenvalue weighted by Gasteiger charge is 2.28. The number of alkyl carbamates (subject to hydrolysis) is 1. The molecule has 1 aromatic carbocycles. The van der Waals surface area contributed by atoms with Crippen molar-refractivity contribution in [2.24, 2.45) is 0 Å². The molecule has 1 N–H and O–H groups in total. The first-order valence-electron chi connectivity index (χ1n) is 9.05. The summed E-state index contributed by atoms with van der Waals surface area (Å²) in [6.07, 6.45) is 2.13. The third kappa shape index (κ3) is 6.92. The molecule has 7 heteroatoms. The van der Waals surface area contributed by atoms with E-state index >= 15 is 0 Å². The Bertz CT molecular complexity index is 580. The normalized spacial score (nSPS) is 15.2. The second-order valence-electron chi connectivity index (χ2n) is 7.29. The first kappa shape index (κ1) is 20.0. The molecule has 1 aliphatic heterocycles. The smallest absolute Gasteiger partial charge is 0.426 e. The van der Waals surface area contributed by atoms with Gasteiger partial charge in [-0.25, -0.2) is 19.6 Å². The van der Waals surface area contributed by atoms with Crippen LogP contribution in [0.15, 0.2) is 30.3 Å². The number of ether oxygens (including phenoxy) is 2. The van der Waals surface area contributed by atoms with Crippen molar-refractivity contribution in [2.75, 3.05) is 19.8 Å². The monoisotopic (exact) mass is 363 g/mol. The van der Waals surface area contributed by atoms with Gasteiger partial charge in [-0.1, -0.05) is 36.8 Å². The van der Waals surface area contributed by atoms with Crippen molar-refractivity contribution in [3.8, 4) is 0 Å². The summed E-state index contributed by atoms with van der Waals surface area (Å²) in [6, 6.07) is 9.44. The lowest BCUT2D eigenvalue weighted by Gasteiger charge is -2.37. The Kier molecular flexibility index (Phi) is 7.26. The van der Waals surface area contributed by atoms with Gasteiger partial charge in [0.1, 0.15) is 18.9 Å². The minimum Gasteiger partial charge on any atom is -0.445 e. The van der Waals surface area contributed by atoms with Crippen molar-refractivity contribution < 1.29 is 19.1 Å². The summed E-state index contributed by atoms with van der Waals surface area (Å²) in [4.78, 5) is 24.5. The van der Waals surface area contributed by atoms with Crippen LogP contribution < -0.4 is 5.32 Å². The number of hydrogen-bond donors (Lipinski definition) is 1. The van der Waals surface area contributed by atoms with Crippen LogP contribution in [0.25, 0.3) is 0 Å². The maximum atomic E-state index is 12.5. The molecule has 0 unspecified atom stereocenters. The highest BCUT2D eigenvalue weighted by Crippen LogP contribution is 2.15. The van der Waals surface area contributed by atoms with Gasteiger partial charge in [0.2, 0.25) is 0 Å². The van der Waals surface area contributed by atoms with Crippen LogP contribution in [-0.4, -0.2) is 47.6 Å². The number of hydrogen-bond acceptors (Lipinski definition) is 5. The highest BCUT2D eigenvalue weighted by atomic mass is 16.6. The Morgan fingerprint density at radius 3 is 2.38 bits per heavy atom. The number of amides is 2. The summed E-state index contributed by atoms with van der Waals surface area (Å²) >= 11 is 0. The number of nitrogens with zero attached hydrogens (tertiary/aromatic N) is 2. The van der Waals surface area contributed by atoms with E-state index in [1.54, 1.807) is 0 Å². The number of hydrazine groups is 1. The first-order chi connectivity index (χ1) is 12.3. The summed E-state index contributed by atoms with van der Waals surface area (Å²) in [5.41, 5.74) is 0.307. The summed E-state index contributed by atoms with van der Waals surface area (Å²) in [5.74, 6) is 0. The van der Waals surface area contributed by atoms with Crippen molar-refractivity contribution in [3.05, 3.63) is 35.9 Å². The molecule has 0 aliphatic carbocycles. The van der Waals surface area contributed by atoms with Crippen molar-refractivity contribution >= 4 is 12.2 Å². The third-order valence-electron chi connectivity index (χ3n) is 3.86. The number of carbonyl (C=O) groups excluding carboxylic acids is 2. The topological polar surface area (TPSA) is 71.1 Å². The molecule has 1 heterocycles. The van der Waals surface area contributed by atoms with Gasteiger partial charge in [0.05, 0.1) is 0 Å². The minimum absolute atomic E-state index is 0.0164. The summed E-state index contributed by atoms with van der Waals surface area (Å²) < 4.78 is 10.7. The second-order valence-corrected chi connectivity index (χ2v) is 7.29. The van der Waals surface area contributed by atoms with Crippen LogP contribution in [0.4, 0.5) is 9.59 Å². The van der Waals surface area contributed by atoms with Gasteiger partial charge in [0, 0.05) is 13.1 Å². The molecule has 26 heavy (non-hydrogen) atoms. The molecule has 1 saturated heterocycles. The van der Waals surface area contributed by atoms with Gasteiger partial charge < -0.3 is 14.8 Å². The quantitative estimate of drug-likeness (QED) is 0.811. The Balaban J connectivity index is 1.88. The van der Waals surface area contributed by atoms with E-state index in [0.717, 1.165) is 37.9 Å². The molecule has 2 rings (SSSR count). The van der Waals surface area contributed by atoms with E-state index in [9.17, 15) is 9.59 Å². The molecular formula is C19H29N3O4. The molecule has 0 radical (unpaired) electrons. The maximum absolute atomic E-state index is 12.5. The van der Waals surface area contributed by atoms with E-state index in [4.69, 9.17) is 9.47 Å². The van der Waals surface area contributed by atoms with Gasteiger partial charge in [-0.05, 0) is 39.2 Å². The Morgan fingerprint density at radius 2 is 1.77 bits per heavy atom. The Hall–Kier alpha value is -2.28. The largest absolute Gasteiger partial charge is 0.445 e. The average molecular weight is 363 g/mol. The fraction of sp³-hybridized carbons (Fsp3) is 0.579. The van der Waals surface area contributed by atoms with E-state index in [1.165, 1.54) is 5.01 Å². The minimum atomic E-state index is -0.598. The van der Waals surface area contributed by atoms with Gasteiger partial charge in [0.25, 0.3) is 0 Å². The Labute approximate surface area is 155 Å². The number of rotatable bonds is 5. The maximum Gasteiger partial charge on any atom is 0.426 e. The lowest BCUT2D eigenvalue weighted by atomic mass is 10.2. The third-order valence-corrected chi connectivity index (χ3v) is 3.86. The van der Waals surface area contributed by atoms with Crippen molar-refractivity contribution in [1.82, 2.24) is 15.3 Å². The average Bonchev–Trinajstić information content (AvgIpc) is 2.60. The fourth-order valence-corrected chi connectivity index (χ4v) is 2.63. The van der Waals surface area contributed by atoms with Crippen LogP contribution in [0, 0.1) is 0 Å². The number of benzene rings is 1. The summed E-state index contributed by atoms with van der Waals surface area (Å²) in [7, 11) is 0. The van der Waals surface area contributed by atoms with Crippen LogP contribution in [0.1, 0.15) is 45.6 Å². The number of piperidine rings is 1. The molecule has 7 nitrogen and oxygen atoms in total. The predicted molar refractivity (Wildman–Crippen MR) is 98.1 cm³/mol. The van der Waals surface area contributed by atoms with Crippen LogP contribution in [0.5, 0.6) is 0 Å². The molecule has 0 spiro atoms. The molecule has 0 saturated carbocycles. The molecule has 0 atom stereocenters. The second kappa shape index (κ2) is 9.43. The van der Waals surface area contributed by atoms with Crippen LogP contribution >= 0.6 is 0 Å². The molecule has 1 fully saturated rings. The molecule has 0 bridgehead atoms. The van der Waals surface area contributed by atoms with E-state index < -0.39 is 17.8 Å². The van der Waals surface area contributed by atoms with Crippen molar-refractivity contribution in [2.45, 2.75) is 52.2 Å². The number of nitrogens with one attached hydrogen (secondary N) is 1. The molecular weight excluding hydrogens is 334 g/mol. The van der Waals surface area contributed by atoms with Gasteiger partial charge in [-0.15, -0.1) is 0 Å². The first-order valence-corrected chi connectivity index (χ1v) is 9.05. The van der Waals surface area contributed by atoms with Crippen molar-refractivity contribution in [1.29, 1.82) is 0 Å². The van der Waals surface area contributed by atoms with E-state index in [2.05, 4.69) is 5.32 Å².